The number of pyridine rings is 1. The Morgan fingerprint density at radius 2 is 2.08 bits per heavy atom. The monoisotopic (exact) mass is 339 g/mol. The van der Waals surface area contributed by atoms with Gasteiger partial charge in [-0.1, -0.05) is 0 Å². The molecule has 2 heterocycles. The Balaban J connectivity index is 1.89. The maximum absolute atomic E-state index is 12.3. The van der Waals surface area contributed by atoms with E-state index in [1.54, 1.807) is 31.4 Å². The number of hydrogen-bond acceptors (Lipinski definition) is 6. The van der Waals surface area contributed by atoms with Gasteiger partial charge in [0.2, 0.25) is 0 Å². The van der Waals surface area contributed by atoms with Crippen molar-refractivity contribution in [1.29, 1.82) is 0 Å². The van der Waals surface area contributed by atoms with Gasteiger partial charge in [-0.15, -0.1) is 0 Å². The van der Waals surface area contributed by atoms with Crippen LogP contribution in [0.4, 0.5) is 11.4 Å². The number of rotatable bonds is 5. The molecule has 0 unspecified atom stereocenters. The van der Waals surface area contributed by atoms with Crippen molar-refractivity contribution in [3.05, 3.63) is 70.8 Å². The Morgan fingerprint density at radius 1 is 1.24 bits per heavy atom. The number of aromatic nitrogens is 3. The minimum Gasteiger partial charge on any atom is -0.455 e. The van der Waals surface area contributed by atoms with Crippen LogP contribution in [0.15, 0.2) is 55.0 Å². The predicted octanol–water partition coefficient (Wildman–Crippen LogP) is 2.77. The lowest BCUT2D eigenvalue weighted by Gasteiger charge is -2.09. The zero-order valence-corrected chi connectivity index (χ0v) is 13.1. The highest BCUT2D eigenvalue weighted by Gasteiger charge is 2.15. The molecular formula is C16H13N5O4. The molecule has 1 aromatic carbocycles. The number of benzene rings is 1. The van der Waals surface area contributed by atoms with Gasteiger partial charge in [0.05, 0.1) is 22.9 Å². The van der Waals surface area contributed by atoms with Crippen LogP contribution in [-0.4, -0.2) is 25.6 Å². The number of carbonyl (C=O) groups excluding carboxylic acids is 1. The molecular weight excluding hydrogens is 326 g/mol. The minimum absolute atomic E-state index is 0.207. The average Bonchev–Trinajstić information content (AvgIpc) is 3.01. The van der Waals surface area contributed by atoms with E-state index in [1.165, 1.54) is 35.3 Å². The first-order valence-electron chi connectivity index (χ1n) is 7.19. The number of nitrogens with one attached hydrogen (secondary N) is 1. The fourth-order valence-corrected chi connectivity index (χ4v) is 2.16. The van der Waals surface area contributed by atoms with Gasteiger partial charge in [0, 0.05) is 31.6 Å². The van der Waals surface area contributed by atoms with Crippen LogP contribution in [0.5, 0.6) is 11.5 Å². The van der Waals surface area contributed by atoms with Crippen molar-refractivity contribution in [2.75, 3.05) is 5.32 Å². The molecule has 0 aliphatic carbocycles. The summed E-state index contributed by atoms with van der Waals surface area (Å²) in [6.45, 7) is 0. The van der Waals surface area contributed by atoms with E-state index < -0.39 is 10.8 Å². The molecule has 0 saturated carbocycles. The second kappa shape index (κ2) is 6.79. The van der Waals surface area contributed by atoms with Gasteiger partial charge in [0.15, 0.2) is 0 Å². The lowest BCUT2D eigenvalue weighted by atomic mass is 10.2. The first-order chi connectivity index (χ1) is 12.0. The number of aryl methyl sites for hydroxylation is 1. The van der Waals surface area contributed by atoms with Gasteiger partial charge < -0.3 is 10.1 Å². The Kier molecular flexibility index (Phi) is 4.38. The van der Waals surface area contributed by atoms with E-state index in [4.69, 9.17) is 4.74 Å². The standard InChI is InChI=1S/C16H13N5O4/c1-20-15(4-6-18-20)16(22)19-11-7-12(21(23)24)9-14(8-11)25-13-3-2-5-17-10-13/h2-10H,1H3,(H,19,22). The number of hydrogen-bond donors (Lipinski definition) is 1. The molecule has 0 radical (unpaired) electrons. The van der Waals surface area contributed by atoms with Crippen LogP contribution in [0.2, 0.25) is 0 Å². The van der Waals surface area contributed by atoms with Crippen LogP contribution in [0.1, 0.15) is 10.5 Å². The number of nitro groups is 1. The molecule has 3 aromatic rings. The summed E-state index contributed by atoms with van der Waals surface area (Å²) in [6, 6.07) is 8.91. The van der Waals surface area contributed by atoms with Gasteiger partial charge in [0.25, 0.3) is 11.6 Å². The van der Waals surface area contributed by atoms with Crippen molar-refractivity contribution < 1.29 is 14.5 Å². The summed E-state index contributed by atoms with van der Waals surface area (Å²) < 4.78 is 6.97. The Hall–Kier alpha value is -3.75. The Morgan fingerprint density at radius 3 is 2.72 bits per heavy atom. The summed E-state index contributed by atoms with van der Waals surface area (Å²) in [4.78, 5) is 26.7. The molecule has 2 aromatic heterocycles. The molecule has 0 bridgehead atoms. The van der Waals surface area contributed by atoms with E-state index in [2.05, 4.69) is 15.4 Å². The average molecular weight is 339 g/mol. The molecule has 126 valence electrons. The lowest BCUT2D eigenvalue weighted by Crippen LogP contribution is -2.16. The smallest absolute Gasteiger partial charge is 0.275 e. The zero-order chi connectivity index (χ0) is 17.8. The molecule has 25 heavy (non-hydrogen) atoms. The second-order valence-corrected chi connectivity index (χ2v) is 5.06. The zero-order valence-electron chi connectivity index (χ0n) is 13.1. The number of carbonyl (C=O) groups is 1. The first-order valence-corrected chi connectivity index (χ1v) is 7.19. The quantitative estimate of drug-likeness (QED) is 0.565. The van der Waals surface area contributed by atoms with Crippen LogP contribution in [0.25, 0.3) is 0 Å². The van der Waals surface area contributed by atoms with E-state index in [1.807, 2.05) is 0 Å². The second-order valence-electron chi connectivity index (χ2n) is 5.06. The summed E-state index contributed by atoms with van der Waals surface area (Å²) in [5.74, 6) is 0.197. The highest BCUT2D eigenvalue weighted by Crippen LogP contribution is 2.29. The summed E-state index contributed by atoms with van der Waals surface area (Å²) in [7, 11) is 1.62. The number of amides is 1. The fourth-order valence-electron chi connectivity index (χ4n) is 2.16. The van der Waals surface area contributed by atoms with Crippen molar-refractivity contribution >= 4 is 17.3 Å². The predicted molar refractivity (Wildman–Crippen MR) is 88.6 cm³/mol. The number of anilines is 1. The normalized spacial score (nSPS) is 10.3. The fraction of sp³-hybridized carbons (Fsp3) is 0.0625. The largest absolute Gasteiger partial charge is 0.455 e. The van der Waals surface area contributed by atoms with Gasteiger partial charge in [-0.3, -0.25) is 24.6 Å². The van der Waals surface area contributed by atoms with Gasteiger partial charge in [-0.2, -0.15) is 5.10 Å². The molecule has 0 saturated heterocycles. The molecule has 3 rings (SSSR count). The molecule has 0 aliphatic heterocycles. The first kappa shape index (κ1) is 16.1. The molecule has 0 atom stereocenters. The maximum atomic E-state index is 12.3. The minimum atomic E-state index is -0.560. The van der Waals surface area contributed by atoms with E-state index in [9.17, 15) is 14.9 Å². The van der Waals surface area contributed by atoms with Gasteiger partial charge in [-0.05, 0) is 18.2 Å². The van der Waals surface area contributed by atoms with Crippen LogP contribution < -0.4 is 10.1 Å². The third kappa shape index (κ3) is 3.78. The van der Waals surface area contributed by atoms with E-state index in [0.29, 0.717) is 11.4 Å². The maximum Gasteiger partial charge on any atom is 0.275 e. The SMILES string of the molecule is Cn1nccc1C(=O)Nc1cc(Oc2cccnc2)cc([N+](=O)[O-])c1. The van der Waals surface area contributed by atoms with Gasteiger partial charge >= 0.3 is 0 Å². The highest BCUT2D eigenvalue weighted by atomic mass is 16.6. The number of ether oxygens (including phenoxy) is 1. The van der Waals surface area contributed by atoms with E-state index in [-0.39, 0.29) is 17.1 Å². The van der Waals surface area contributed by atoms with Crippen LogP contribution in [0.3, 0.4) is 0 Å². The van der Waals surface area contributed by atoms with Crippen molar-refractivity contribution in [3.8, 4) is 11.5 Å². The Bertz CT molecular complexity index is 923. The molecule has 9 heteroatoms. The molecule has 1 amide bonds. The van der Waals surface area contributed by atoms with Gasteiger partial charge in [0.1, 0.15) is 17.2 Å². The van der Waals surface area contributed by atoms with Gasteiger partial charge in [-0.25, -0.2) is 0 Å². The van der Waals surface area contributed by atoms with Crippen molar-refractivity contribution in [2.45, 2.75) is 0 Å². The Labute approximate surface area is 142 Å². The van der Waals surface area contributed by atoms with E-state index in [0.717, 1.165) is 0 Å². The molecule has 0 aliphatic rings. The molecule has 1 N–H and O–H groups in total. The van der Waals surface area contributed by atoms with Crippen molar-refractivity contribution in [1.82, 2.24) is 14.8 Å². The van der Waals surface area contributed by atoms with Crippen LogP contribution in [-0.2, 0) is 7.05 Å². The van der Waals surface area contributed by atoms with Crippen molar-refractivity contribution in [3.63, 3.8) is 0 Å². The third-order valence-electron chi connectivity index (χ3n) is 3.28. The number of nitro benzene ring substituents is 1. The number of nitrogens with zero attached hydrogens (tertiary/aromatic N) is 4. The van der Waals surface area contributed by atoms with Crippen LogP contribution in [0, 0.1) is 10.1 Å². The lowest BCUT2D eigenvalue weighted by molar-refractivity contribution is -0.384. The number of non-ortho nitro benzene ring substituents is 1. The van der Waals surface area contributed by atoms with E-state index >= 15 is 0 Å². The summed E-state index contributed by atoms with van der Waals surface area (Å²) in [5, 5.41) is 17.7. The third-order valence-corrected chi connectivity index (χ3v) is 3.28. The highest BCUT2D eigenvalue weighted by molar-refractivity contribution is 6.03. The topological polar surface area (TPSA) is 112 Å². The molecule has 9 nitrogen and oxygen atoms in total. The molecule has 0 fully saturated rings. The summed E-state index contributed by atoms with van der Waals surface area (Å²) >= 11 is 0. The molecule has 0 spiro atoms. The summed E-state index contributed by atoms with van der Waals surface area (Å²) in [6.07, 6.45) is 4.55. The van der Waals surface area contributed by atoms with Crippen LogP contribution >= 0.6 is 0 Å². The summed E-state index contributed by atoms with van der Waals surface area (Å²) in [5.41, 5.74) is 0.349. The van der Waals surface area contributed by atoms with Crippen molar-refractivity contribution in [2.24, 2.45) is 7.05 Å².